The van der Waals surface area contributed by atoms with E-state index in [1.165, 1.54) is 29.9 Å². The van der Waals surface area contributed by atoms with Crippen LogP contribution < -0.4 is 10.9 Å². The van der Waals surface area contributed by atoms with E-state index in [0.717, 1.165) is 60.1 Å². The Morgan fingerprint density at radius 1 is 0.953 bits per heavy atom. The van der Waals surface area contributed by atoms with Crippen LogP contribution in [0.3, 0.4) is 0 Å². The third-order valence-electron chi connectivity index (χ3n) is 7.88. The summed E-state index contributed by atoms with van der Waals surface area (Å²) >= 11 is 1.39. The lowest BCUT2D eigenvalue weighted by Crippen LogP contribution is -2.33. The van der Waals surface area contributed by atoms with Gasteiger partial charge in [-0.3, -0.25) is 9.59 Å². The van der Waals surface area contributed by atoms with E-state index < -0.39 is 23.9 Å². The number of amides is 1. The maximum atomic E-state index is 13.8. The molecule has 0 saturated heterocycles. The standard InChI is InChI=1S/C34H36N2O6S/c1-5-41-33(39)28-25-14-8-6-7-9-15-26(25)43-31(28)35-30(37)21(3)42-34(40)29-27(22-18-16-20(2)17-19-22)23-12-10-11-13-24(23)32(38)36(29)4/h10-13,16-19,21H,5-9,14-15H2,1-4H3,(H,35,37). The van der Waals surface area contributed by atoms with Crippen molar-refractivity contribution in [2.45, 2.75) is 65.4 Å². The van der Waals surface area contributed by atoms with E-state index >= 15 is 0 Å². The lowest BCUT2D eigenvalue weighted by Gasteiger charge is -2.19. The number of pyridine rings is 1. The summed E-state index contributed by atoms with van der Waals surface area (Å²) < 4.78 is 12.3. The van der Waals surface area contributed by atoms with Crippen LogP contribution in [-0.2, 0) is 34.2 Å². The van der Waals surface area contributed by atoms with Gasteiger partial charge in [0.2, 0.25) is 0 Å². The molecule has 2 aromatic carbocycles. The molecule has 8 nitrogen and oxygen atoms in total. The number of hydrogen-bond donors (Lipinski definition) is 1. The average molecular weight is 601 g/mol. The van der Waals surface area contributed by atoms with Gasteiger partial charge in [-0.05, 0) is 69.0 Å². The summed E-state index contributed by atoms with van der Waals surface area (Å²) in [5.41, 5.74) is 3.40. The molecule has 2 heterocycles. The fraction of sp³-hybridized carbons (Fsp3) is 0.353. The molecular formula is C34H36N2O6S. The lowest BCUT2D eigenvalue weighted by molar-refractivity contribution is -0.123. The molecule has 0 spiro atoms. The van der Waals surface area contributed by atoms with Crippen molar-refractivity contribution in [1.29, 1.82) is 0 Å². The maximum Gasteiger partial charge on any atom is 0.356 e. The molecule has 2 aromatic heterocycles. The summed E-state index contributed by atoms with van der Waals surface area (Å²) in [5, 5.41) is 4.35. The Morgan fingerprint density at radius 3 is 2.33 bits per heavy atom. The van der Waals surface area contributed by atoms with Crippen LogP contribution in [0.2, 0.25) is 0 Å². The first-order valence-corrected chi connectivity index (χ1v) is 15.5. The molecule has 0 radical (unpaired) electrons. The number of thiophene rings is 1. The second kappa shape index (κ2) is 13.0. The highest BCUT2D eigenvalue weighted by Crippen LogP contribution is 2.38. The van der Waals surface area contributed by atoms with Crippen LogP contribution in [0.15, 0.2) is 53.3 Å². The van der Waals surface area contributed by atoms with Gasteiger partial charge in [0, 0.05) is 22.9 Å². The molecule has 1 amide bonds. The predicted octanol–water partition coefficient (Wildman–Crippen LogP) is 6.60. The highest BCUT2D eigenvalue weighted by molar-refractivity contribution is 7.17. The van der Waals surface area contributed by atoms with E-state index in [1.807, 2.05) is 37.3 Å². The molecule has 4 aromatic rings. The average Bonchev–Trinajstić information content (AvgIpc) is 3.30. The largest absolute Gasteiger partial charge is 0.462 e. The van der Waals surface area contributed by atoms with Crippen LogP contribution in [0.25, 0.3) is 21.9 Å². The minimum atomic E-state index is -1.21. The first kappa shape index (κ1) is 30.2. The topological polar surface area (TPSA) is 104 Å². The first-order chi connectivity index (χ1) is 20.7. The van der Waals surface area contributed by atoms with Crippen LogP contribution in [-0.4, -0.2) is 35.1 Å². The van der Waals surface area contributed by atoms with Gasteiger partial charge in [0.15, 0.2) is 6.10 Å². The smallest absolute Gasteiger partial charge is 0.356 e. The van der Waals surface area contributed by atoms with Crippen molar-refractivity contribution in [2.24, 2.45) is 7.05 Å². The Hall–Kier alpha value is -4.24. The Bertz CT molecular complexity index is 1750. The molecule has 9 heteroatoms. The van der Waals surface area contributed by atoms with Crippen molar-refractivity contribution in [3.05, 3.63) is 86.1 Å². The lowest BCUT2D eigenvalue weighted by atomic mass is 9.96. The van der Waals surface area contributed by atoms with Gasteiger partial charge in [-0.1, -0.05) is 60.9 Å². The van der Waals surface area contributed by atoms with E-state index in [4.69, 9.17) is 9.47 Å². The van der Waals surface area contributed by atoms with Gasteiger partial charge < -0.3 is 19.4 Å². The number of carbonyl (C=O) groups excluding carboxylic acids is 3. The van der Waals surface area contributed by atoms with Crippen molar-refractivity contribution in [1.82, 2.24) is 4.57 Å². The second-order valence-corrected chi connectivity index (χ2v) is 12.0. The minimum Gasteiger partial charge on any atom is -0.462 e. The number of fused-ring (bicyclic) bond motifs is 2. The fourth-order valence-corrected chi connectivity index (χ4v) is 6.91. The Kier molecular flexibility index (Phi) is 9.11. The summed E-state index contributed by atoms with van der Waals surface area (Å²) in [7, 11) is 1.53. The summed E-state index contributed by atoms with van der Waals surface area (Å²) in [4.78, 5) is 54.5. The highest BCUT2D eigenvalue weighted by Gasteiger charge is 2.30. The molecule has 0 bridgehead atoms. The van der Waals surface area contributed by atoms with E-state index in [2.05, 4.69) is 5.32 Å². The van der Waals surface area contributed by atoms with E-state index in [9.17, 15) is 19.2 Å². The summed E-state index contributed by atoms with van der Waals surface area (Å²) in [5.74, 6) is -1.84. The van der Waals surface area contributed by atoms with Gasteiger partial charge in [-0.2, -0.15) is 0 Å². The van der Waals surface area contributed by atoms with E-state index in [-0.39, 0.29) is 17.9 Å². The van der Waals surface area contributed by atoms with Gasteiger partial charge >= 0.3 is 11.9 Å². The molecule has 43 heavy (non-hydrogen) atoms. The van der Waals surface area contributed by atoms with Gasteiger partial charge in [-0.25, -0.2) is 9.59 Å². The molecule has 0 fully saturated rings. The number of carbonyl (C=O) groups is 3. The summed E-state index contributed by atoms with van der Waals surface area (Å²) in [6.45, 7) is 5.42. The molecular weight excluding hydrogens is 564 g/mol. The van der Waals surface area contributed by atoms with Crippen molar-refractivity contribution in [3.63, 3.8) is 0 Å². The number of hydrogen-bond acceptors (Lipinski definition) is 7. The van der Waals surface area contributed by atoms with Gasteiger partial charge in [-0.15, -0.1) is 11.3 Å². The number of anilines is 1. The van der Waals surface area contributed by atoms with Crippen molar-refractivity contribution >= 4 is 45.0 Å². The number of benzene rings is 2. The highest BCUT2D eigenvalue weighted by atomic mass is 32.1. The van der Waals surface area contributed by atoms with Crippen molar-refractivity contribution in [3.8, 4) is 11.1 Å². The normalized spacial score (nSPS) is 13.9. The molecule has 0 saturated carbocycles. The van der Waals surface area contributed by atoms with Crippen LogP contribution in [0.5, 0.6) is 0 Å². The zero-order valence-corrected chi connectivity index (χ0v) is 25.8. The number of aromatic nitrogens is 1. The molecule has 1 unspecified atom stereocenters. The van der Waals surface area contributed by atoms with Crippen molar-refractivity contribution in [2.75, 3.05) is 11.9 Å². The third-order valence-corrected chi connectivity index (χ3v) is 9.09. The quantitative estimate of drug-likeness (QED) is 0.240. The Balaban J connectivity index is 1.47. The van der Waals surface area contributed by atoms with Gasteiger partial charge in [0.25, 0.3) is 11.5 Å². The van der Waals surface area contributed by atoms with E-state index in [1.54, 1.807) is 25.1 Å². The first-order valence-electron chi connectivity index (χ1n) is 14.7. The Morgan fingerprint density at radius 2 is 1.63 bits per heavy atom. The van der Waals surface area contributed by atoms with Crippen LogP contribution in [0, 0.1) is 6.92 Å². The third kappa shape index (κ3) is 6.13. The number of esters is 2. The molecule has 224 valence electrons. The maximum absolute atomic E-state index is 13.8. The van der Waals surface area contributed by atoms with Gasteiger partial charge in [0.1, 0.15) is 10.7 Å². The number of nitrogens with zero attached hydrogens (tertiary/aromatic N) is 1. The Labute approximate surface area is 254 Å². The molecule has 1 aliphatic rings. The summed E-state index contributed by atoms with van der Waals surface area (Å²) in [6.07, 6.45) is 4.58. The van der Waals surface area contributed by atoms with E-state index in [0.29, 0.717) is 26.9 Å². The molecule has 1 aliphatic carbocycles. The number of ether oxygens (including phenoxy) is 2. The van der Waals surface area contributed by atoms with Crippen LogP contribution in [0.4, 0.5) is 5.00 Å². The molecule has 5 rings (SSSR count). The summed E-state index contributed by atoms with van der Waals surface area (Å²) in [6, 6.07) is 14.8. The molecule has 1 atom stereocenters. The number of aryl methyl sites for hydroxylation is 2. The van der Waals surface area contributed by atoms with Crippen LogP contribution >= 0.6 is 11.3 Å². The molecule has 1 N–H and O–H groups in total. The number of rotatable bonds is 7. The molecule has 0 aliphatic heterocycles. The fourth-order valence-electron chi connectivity index (χ4n) is 5.63. The minimum absolute atomic E-state index is 0.0542. The SMILES string of the molecule is CCOC(=O)c1c(NC(=O)C(C)OC(=O)c2c(-c3ccc(C)cc3)c3ccccc3c(=O)n2C)sc2c1CCCCCC2. The number of nitrogens with one attached hydrogen (secondary N) is 1. The van der Waals surface area contributed by atoms with Crippen molar-refractivity contribution < 1.29 is 23.9 Å². The van der Waals surface area contributed by atoms with Crippen LogP contribution in [0.1, 0.15) is 76.4 Å². The predicted molar refractivity (Wildman–Crippen MR) is 169 cm³/mol. The zero-order valence-electron chi connectivity index (χ0n) is 25.0. The van der Waals surface area contributed by atoms with Gasteiger partial charge in [0.05, 0.1) is 12.2 Å². The zero-order chi connectivity index (χ0) is 30.7. The monoisotopic (exact) mass is 600 g/mol. The second-order valence-electron chi connectivity index (χ2n) is 10.9.